The number of hydrogen-bond donors (Lipinski definition) is 1. The number of nitrogens with one attached hydrogen (secondary N) is 1. The summed E-state index contributed by atoms with van der Waals surface area (Å²) in [7, 11) is 0. The Balaban J connectivity index is 0.00000180. The molecule has 0 radical (unpaired) electrons. The van der Waals surface area contributed by atoms with Crippen LogP contribution < -0.4 is 5.32 Å². The zero-order valence-corrected chi connectivity index (χ0v) is 13.2. The zero-order valence-electron chi connectivity index (χ0n) is 12.4. The largest absolute Gasteiger partial charge is 0.459 e. The Bertz CT molecular complexity index is 287. The van der Waals surface area contributed by atoms with Gasteiger partial charge in [-0.1, -0.05) is 25.7 Å². The summed E-state index contributed by atoms with van der Waals surface area (Å²) in [6.07, 6.45) is 8.12. The topological polar surface area (TPSA) is 38.3 Å². The third kappa shape index (κ3) is 5.31. The van der Waals surface area contributed by atoms with E-state index >= 15 is 0 Å². The molecule has 0 bridgehead atoms. The number of hydrogen-bond acceptors (Lipinski definition) is 3. The predicted molar refractivity (Wildman–Crippen MR) is 79.6 cm³/mol. The van der Waals surface area contributed by atoms with E-state index in [4.69, 9.17) is 4.74 Å². The molecule has 2 unspecified atom stereocenters. The van der Waals surface area contributed by atoms with E-state index in [2.05, 4.69) is 5.32 Å². The maximum absolute atomic E-state index is 11.6. The first-order valence-corrected chi connectivity index (χ1v) is 7.39. The van der Waals surface area contributed by atoms with Crippen LogP contribution in [0, 0.1) is 11.8 Å². The number of carbonyl (C=O) groups is 1. The fourth-order valence-electron chi connectivity index (χ4n) is 3.50. The predicted octanol–water partition coefficient (Wildman–Crippen LogP) is 3.31. The van der Waals surface area contributed by atoms with E-state index in [0.717, 1.165) is 11.8 Å². The van der Waals surface area contributed by atoms with Gasteiger partial charge >= 0.3 is 5.97 Å². The molecule has 1 N–H and O–H groups in total. The first-order valence-electron chi connectivity index (χ1n) is 7.39. The second kappa shape index (κ2) is 6.94. The Labute approximate surface area is 123 Å². The molecule has 0 spiro atoms. The summed E-state index contributed by atoms with van der Waals surface area (Å²) < 4.78 is 5.31. The number of halogens is 1. The molecule has 0 amide bonds. The number of fused-ring (bicyclic) bond motifs is 1. The maximum atomic E-state index is 11.6. The summed E-state index contributed by atoms with van der Waals surface area (Å²) in [5.41, 5.74) is -0.373. The highest BCUT2D eigenvalue weighted by molar-refractivity contribution is 5.85. The van der Waals surface area contributed by atoms with Gasteiger partial charge in [0.2, 0.25) is 0 Å². The normalized spacial score (nSPS) is 30.4. The SMILES string of the molecule is CC(C)(C)OC(=O)CNC1CC2CCCCC2C1.Cl. The molecule has 19 heavy (non-hydrogen) atoms. The number of carbonyl (C=O) groups excluding carboxylic acids is 1. The highest BCUT2D eigenvalue weighted by Gasteiger charge is 2.35. The average molecular weight is 290 g/mol. The first kappa shape index (κ1) is 16.8. The number of rotatable bonds is 3. The van der Waals surface area contributed by atoms with Gasteiger partial charge in [0.1, 0.15) is 5.60 Å². The molecule has 4 heteroatoms. The van der Waals surface area contributed by atoms with Crippen LogP contribution in [-0.4, -0.2) is 24.2 Å². The smallest absolute Gasteiger partial charge is 0.320 e. The van der Waals surface area contributed by atoms with E-state index in [1.807, 2.05) is 20.8 Å². The molecule has 2 aliphatic rings. The van der Waals surface area contributed by atoms with Crippen LogP contribution >= 0.6 is 12.4 Å². The van der Waals surface area contributed by atoms with Crippen molar-refractivity contribution >= 4 is 18.4 Å². The van der Waals surface area contributed by atoms with Gasteiger partial charge in [0.05, 0.1) is 6.54 Å². The molecule has 2 fully saturated rings. The van der Waals surface area contributed by atoms with Crippen LogP contribution in [-0.2, 0) is 9.53 Å². The average Bonchev–Trinajstić information content (AvgIpc) is 2.66. The number of ether oxygens (including phenoxy) is 1. The summed E-state index contributed by atoms with van der Waals surface area (Å²) in [4.78, 5) is 11.6. The standard InChI is InChI=1S/C15H27NO2.ClH/c1-15(2,3)18-14(17)10-16-13-8-11-6-4-5-7-12(11)9-13;/h11-13,16H,4-10H2,1-3H3;1H. The molecule has 0 saturated heterocycles. The molecule has 2 rings (SSSR count). The van der Waals surface area contributed by atoms with Crippen LogP contribution in [0.2, 0.25) is 0 Å². The molecule has 0 aromatic heterocycles. The Morgan fingerprint density at radius 1 is 1.16 bits per heavy atom. The quantitative estimate of drug-likeness (QED) is 0.810. The van der Waals surface area contributed by atoms with Crippen LogP contribution in [0.5, 0.6) is 0 Å². The lowest BCUT2D eigenvalue weighted by Gasteiger charge is -2.24. The van der Waals surface area contributed by atoms with Crippen molar-refractivity contribution in [3.63, 3.8) is 0 Å². The minimum atomic E-state index is -0.373. The van der Waals surface area contributed by atoms with Crippen molar-refractivity contribution in [3.05, 3.63) is 0 Å². The summed E-state index contributed by atoms with van der Waals surface area (Å²) >= 11 is 0. The Hall–Kier alpha value is -0.280. The van der Waals surface area contributed by atoms with Gasteiger partial charge in [-0.05, 0) is 45.4 Å². The van der Waals surface area contributed by atoms with E-state index < -0.39 is 0 Å². The second-order valence-electron chi connectivity index (χ2n) is 6.94. The fraction of sp³-hybridized carbons (Fsp3) is 0.933. The second-order valence-corrected chi connectivity index (χ2v) is 6.94. The Morgan fingerprint density at radius 3 is 2.16 bits per heavy atom. The van der Waals surface area contributed by atoms with Crippen LogP contribution in [0.15, 0.2) is 0 Å². The summed E-state index contributed by atoms with van der Waals surface area (Å²) in [5.74, 6) is 1.70. The third-order valence-electron chi connectivity index (χ3n) is 4.20. The van der Waals surface area contributed by atoms with Gasteiger partial charge in [-0.25, -0.2) is 0 Å². The van der Waals surface area contributed by atoms with Gasteiger partial charge < -0.3 is 10.1 Å². The summed E-state index contributed by atoms with van der Waals surface area (Å²) in [6, 6.07) is 0.533. The van der Waals surface area contributed by atoms with Gasteiger partial charge in [-0.2, -0.15) is 0 Å². The zero-order chi connectivity index (χ0) is 13.2. The lowest BCUT2D eigenvalue weighted by atomic mass is 9.82. The van der Waals surface area contributed by atoms with E-state index in [9.17, 15) is 4.79 Å². The van der Waals surface area contributed by atoms with Crippen molar-refractivity contribution in [1.82, 2.24) is 5.32 Å². The molecule has 0 aliphatic heterocycles. The van der Waals surface area contributed by atoms with E-state index in [-0.39, 0.29) is 24.0 Å². The van der Waals surface area contributed by atoms with Crippen molar-refractivity contribution in [1.29, 1.82) is 0 Å². The van der Waals surface area contributed by atoms with E-state index in [0.29, 0.717) is 12.6 Å². The van der Waals surface area contributed by atoms with Gasteiger partial charge in [0, 0.05) is 6.04 Å². The third-order valence-corrected chi connectivity index (χ3v) is 4.20. The molecular weight excluding hydrogens is 262 g/mol. The summed E-state index contributed by atoms with van der Waals surface area (Å²) in [6.45, 7) is 6.10. The van der Waals surface area contributed by atoms with Crippen LogP contribution in [0.1, 0.15) is 59.3 Å². The molecule has 112 valence electrons. The lowest BCUT2D eigenvalue weighted by Crippen LogP contribution is -2.36. The molecule has 2 aliphatic carbocycles. The van der Waals surface area contributed by atoms with Crippen LogP contribution in [0.4, 0.5) is 0 Å². The monoisotopic (exact) mass is 289 g/mol. The Kier molecular flexibility index (Phi) is 6.13. The summed E-state index contributed by atoms with van der Waals surface area (Å²) in [5, 5.41) is 3.39. The highest BCUT2D eigenvalue weighted by atomic mass is 35.5. The van der Waals surface area contributed by atoms with Crippen molar-refractivity contribution in [3.8, 4) is 0 Å². The van der Waals surface area contributed by atoms with Crippen molar-refractivity contribution < 1.29 is 9.53 Å². The minimum absolute atomic E-state index is 0. The minimum Gasteiger partial charge on any atom is -0.459 e. The molecular formula is C15H28ClNO2. The molecule has 0 heterocycles. The molecule has 2 atom stereocenters. The van der Waals surface area contributed by atoms with Crippen LogP contribution in [0.25, 0.3) is 0 Å². The Morgan fingerprint density at radius 2 is 1.68 bits per heavy atom. The lowest BCUT2D eigenvalue weighted by molar-refractivity contribution is -0.153. The van der Waals surface area contributed by atoms with Gasteiger partial charge in [0.25, 0.3) is 0 Å². The van der Waals surface area contributed by atoms with Crippen molar-refractivity contribution in [2.24, 2.45) is 11.8 Å². The maximum Gasteiger partial charge on any atom is 0.320 e. The van der Waals surface area contributed by atoms with E-state index in [1.54, 1.807) is 0 Å². The highest BCUT2D eigenvalue weighted by Crippen LogP contribution is 2.42. The number of esters is 1. The van der Waals surface area contributed by atoms with Crippen LogP contribution in [0.3, 0.4) is 0 Å². The van der Waals surface area contributed by atoms with Gasteiger partial charge in [-0.3, -0.25) is 4.79 Å². The van der Waals surface area contributed by atoms with E-state index in [1.165, 1.54) is 38.5 Å². The van der Waals surface area contributed by atoms with Crippen molar-refractivity contribution in [2.45, 2.75) is 70.9 Å². The molecule has 2 saturated carbocycles. The molecule has 0 aromatic rings. The fourth-order valence-corrected chi connectivity index (χ4v) is 3.50. The molecule has 0 aromatic carbocycles. The van der Waals surface area contributed by atoms with Crippen molar-refractivity contribution in [2.75, 3.05) is 6.54 Å². The first-order chi connectivity index (χ1) is 8.44. The molecule has 3 nitrogen and oxygen atoms in total. The van der Waals surface area contributed by atoms with Gasteiger partial charge in [0.15, 0.2) is 0 Å². The van der Waals surface area contributed by atoms with Gasteiger partial charge in [-0.15, -0.1) is 12.4 Å².